The van der Waals surface area contributed by atoms with Crippen molar-refractivity contribution in [3.8, 4) is 0 Å². The summed E-state index contributed by atoms with van der Waals surface area (Å²) in [6.07, 6.45) is 4.42. The quantitative estimate of drug-likeness (QED) is 0.737. The molecular weight excluding hydrogens is 256 g/mol. The van der Waals surface area contributed by atoms with Crippen molar-refractivity contribution in [1.82, 2.24) is 10.2 Å². The molecule has 0 bridgehead atoms. The number of ether oxygens (including phenoxy) is 2. The van der Waals surface area contributed by atoms with Crippen molar-refractivity contribution in [2.45, 2.75) is 63.2 Å². The van der Waals surface area contributed by atoms with E-state index in [1.165, 1.54) is 19.3 Å². The molecule has 1 atom stereocenters. The van der Waals surface area contributed by atoms with Gasteiger partial charge in [-0.15, -0.1) is 0 Å². The van der Waals surface area contributed by atoms with Gasteiger partial charge in [0.15, 0.2) is 0 Å². The molecule has 2 spiro atoms. The van der Waals surface area contributed by atoms with Crippen LogP contribution in [-0.2, 0) is 9.47 Å². The lowest BCUT2D eigenvalue weighted by Crippen LogP contribution is -2.65. The zero-order valence-corrected chi connectivity index (χ0v) is 12.8. The molecule has 3 fully saturated rings. The van der Waals surface area contributed by atoms with Gasteiger partial charge in [-0.25, -0.2) is 4.79 Å². The van der Waals surface area contributed by atoms with Crippen LogP contribution >= 0.6 is 0 Å². The maximum atomic E-state index is 12.1. The average Bonchev–Trinajstić information content (AvgIpc) is 2.71. The molecule has 1 aliphatic carbocycles. The molecule has 0 radical (unpaired) electrons. The lowest BCUT2D eigenvalue weighted by atomic mass is 9.75. The molecule has 0 aromatic rings. The highest BCUT2D eigenvalue weighted by Crippen LogP contribution is 2.39. The van der Waals surface area contributed by atoms with Crippen molar-refractivity contribution < 1.29 is 14.3 Å². The zero-order valence-electron chi connectivity index (χ0n) is 12.8. The van der Waals surface area contributed by atoms with Gasteiger partial charge in [0.25, 0.3) is 0 Å². The van der Waals surface area contributed by atoms with Crippen molar-refractivity contribution in [3.05, 3.63) is 0 Å². The summed E-state index contributed by atoms with van der Waals surface area (Å²) in [6, 6.07) is 0. The van der Waals surface area contributed by atoms with Gasteiger partial charge in [0.05, 0.1) is 18.8 Å². The van der Waals surface area contributed by atoms with Gasteiger partial charge in [0.1, 0.15) is 5.60 Å². The predicted octanol–water partition coefficient (Wildman–Crippen LogP) is 1.91. The van der Waals surface area contributed by atoms with Gasteiger partial charge in [-0.05, 0) is 46.5 Å². The molecule has 2 saturated heterocycles. The van der Waals surface area contributed by atoms with Gasteiger partial charge in [-0.1, -0.05) is 0 Å². The second kappa shape index (κ2) is 4.60. The topological polar surface area (TPSA) is 50.8 Å². The predicted molar refractivity (Wildman–Crippen MR) is 75.7 cm³/mol. The number of nitrogens with one attached hydrogen (secondary N) is 1. The maximum absolute atomic E-state index is 12.1. The Bertz CT molecular complexity index is 388. The Kier molecular flexibility index (Phi) is 3.25. The molecule has 1 amide bonds. The van der Waals surface area contributed by atoms with E-state index in [9.17, 15) is 4.79 Å². The SMILES string of the molecule is CC(C)(C)OC(=O)N1CC[C@@]2(CNC3(CCC3)CO2)C1. The first-order valence-electron chi connectivity index (χ1n) is 7.69. The van der Waals surface area contributed by atoms with Crippen molar-refractivity contribution in [3.63, 3.8) is 0 Å². The Balaban J connectivity index is 1.55. The summed E-state index contributed by atoms with van der Waals surface area (Å²) in [6.45, 7) is 8.71. The highest BCUT2D eigenvalue weighted by Gasteiger charge is 2.50. The zero-order chi connectivity index (χ0) is 14.4. The molecule has 3 aliphatic rings. The fourth-order valence-electron chi connectivity index (χ4n) is 3.26. The monoisotopic (exact) mass is 282 g/mol. The highest BCUT2D eigenvalue weighted by atomic mass is 16.6. The van der Waals surface area contributed by atoms with Crippen LogP contribution in [0.5, 0.6) is 0 Å². The molecule has 5 nitrogen and oxygen atoms in total. The second-order valence-electron chi connectivity index (χ2n) is 7.61. The standard InChI is InChI=1S/C15H26N2O3/c1-13(2,3)20-12(18)17-8-7-15(10-17)9-16-14(11-19-15)5-4-6-14/h16H,4-11H2,1-3H3/t15-/m1/s1. The molecule has 1 saturated carbocycles. The minimum atomic E-state index is -0.436. The van der Waals surface area contributed by atoms with Crippen LogP contribution in [0.1, 0.15) is 46.5 Å². The molecule has 0 aromatic carbocycles. The van der Waals surface area contributed by atoms with Crippen LogP contribution in [0.2, 0.25) is 0 Å². The summed E-state index contributed by atoms with van der Waals surface area (Å²) in [5, 5.41) is 3.67. The summed E-state index contributed by atoms with van der Waals surface area (Å²) < 4.78 is 11.6. The van der Waals surface area contributed by atoms with Crippen molar-refractivity contribution >= 4 is 6.09 Å². The Morgan fingerprint density at radius 3 is 2.55 bits per heavy atom. The third-order valence-electron chi connectivity index (χ3n) is 4.72. The minimum absolute atomic E-state index is 0.197. The largest absolute Gasteiger partial charge is 0.444 e. The van der Waals surface area contributed by atoms with Crippen LogP contribution in [0.4, 0.5) is 4.79 Å². The number of rotatable bonds is 0. The smallest absolute Gasteiger partial charge is 0.410 e. The van der Waals surface area contributed by atoms with E-state index in [0.717, 1.165) is 26.1 Å². The third kappa shape index (κ3) is 2.66. The van der Waals surface area contributed by atoms with Crippen LogP contribution in [0.25, 0.3) is 0 Å². The molecule has 20 heavy (non-hydrogen) atoms. The van der Waals surface area contributed by atoms with Gasteiger partial charge in [0, 0.05) is 18.6 Å². The first kappa shape index (κ1) is 14.1. The van der Waals surface area contributed by atoms with E-state index >= 15 is 0 Å². The van der Waals surface area contributed by atoms with Crippen LogP contribution in [0.15, 0.2) is 0 Å². The lowest BCUT2D eigenvalue weighted by molar-refractivity contribution is -0.119. The summed E-state index contributed by atoms with van der Waals surface area (Å²) in [5.41, 5.74) is -0.392. The third-order valence-corrected chi connectivity index (χ3v) is 4.72. The molecular formula is C15H26N2O3. The fraction of sp³-hybridized carbons (Fsp3) is 0.933. The van der Waals surface area contributed by atoms with Gasteiger partial charge < -0.3 is 19.7 Å². The fourth-order valence-corrected chi connectivity index (χ4v) is 3.26. The van der Waals surface area contributed by atoms with E-state index in [0.29, 0.717) is 6.54 Å². The number of amides is 1. The molecule has 2 aliphatic heterocycles. The van der Waals surface area contributed by atoms with Gasteiger partial charge in [-0.2, -0.15) is 0 Å². The number of hydrogen-bond acceptors (Lipinski definition) is 4. The van der Waals surface area contributed by atoms with Crippen molar-refractivity contribution in [1.29, 1.82) is 0 Å². The Hall–Kier alpha value is -0.810. The molecule has 2 heterocycles. The van der Waals surface area contributed by atoms with Crippen LogP contribution < -0.4 is 5.32 Å². The number of hydrogen-bond donors (Lipinski definition) is 1. The lowest BCUT2D eigenvalue weighted by Gasteiger charge is -2.50. The van der Waals surface area contributed by atoms with E-state index < -0.39 is 5.60 Å². The first-order valence-corrected chi connectivity index (χ1v) is 7.69. The molecule has 0 aromatic heterocycles. The van der Waals surface area contributed by atoms with Gasteiger partial charge >= 0.3 is 6.09 Å². The number of carbonyl (C=O) groups is 1. The van der Waals surface area contributed by atoms with Gasteiger partial charge in [0.2, 0.25) is 0 Å². The normalized spacial score (nSPS) is 32.5. The van der Waals surface area contributed by atoms with Crippen molar-refractivity contribution in [2.24, 2.45) is 0 Å². The molecule has 0 unspecified atom stereocenters. The second-order valence-corrected chi connectivity index (χ2v) is 7.61. The Labute approximate surface area is 121 Å². The number of likely N-dealkylation sites (tertiary alicyclic amines) is 1. The van der Waals surface area contributed by atoms with Crippen LogP contribution in [-0.4, -0.2) is 54.0 Å². The number of nitrogens with zero attached hydrogens (tertiary/aromatic N) is 1. The maximum Gasteiger partial charge on any atom is 0.410 e. The van der Waals surface area contributed by atoms with Gasteiger partial charge in [-0.3, -0.25) is 0 Å². The number of morpholine rings is 1. The van der Waals surface area contributed by atoms with E-state index in [4.69, 9.17) is 9.47 Å². The van der Waals surface area contributed by atoms with Crippen LogP contribution in [0.3, 0.4) is 0 Å². The summed E-state index contributed by atoms with van der Waals surface area (Å²) in [7, 11) is 0. The summed E-state index contributed by atoms with van der Waals surface area (Å²) in [5.74, 6) is 0. The highest BCUT2D eigenvalue weighted by molar-refractivity contribution is 5.68. The Morgan fingerprint density at radius 2 is 2.05 bits per heavy atom. The Morgan fingerprint density at radius 1 is 1.30 bits per heavy atom. The summed E-state index contributed by atoms with van der Waals surface area (Å²) >= 11 is 0. The average molecular weight is 282 g/mol. The minimum Gasteiger partial charge on any atom is -0.444 e. The van der Waals surface area contributed by atoms with E-state index in [-0.39, 0.29) is 17.2 Å². The molecule has 3 rings (SSSR count). The molecule has 5 heteroatoms. The number of carbonyl (C=O) groups excluding carboxylic acids is 1. The first-order chi connectivity index (χ1) is 9.32. The van der Waals surface area contributed by atoms with Crippen molar-refractivity contribution in [2.75, 3.05) is 26.2 Å². The summed E-state index contributed by atoms with van der Waals surface area (Å²) in [4.78, 5) is 13.9. The molecule has 1 N–H and O–H groups in total. The van der Waals surface area contributed by atoms with E-state index in [1.807, 2.05) is 20.8 Å². The van der Waals surface area contributed by atoms with E-state index in [1.54, 1.807) is 4.90 Å². The molecule has 114 valence electrons. The van der Waals surface area contributed by atoms with Crippen LogP contribution in [0, 0.1) is 0 Å². The van der Waals surface area contributed by atoms with E-state index in [2.05, 4.69) is 5.32 Å².